The number of nitrogens with two attached hydrogens (primary N) is 1. The minimum Gasteiger partial charge on any atom is -0.393 e. The summed E-state index contributed by atoms with van der Waals surface area (Å²) in [5, 5.41) is 0. The van der Waals surface area contributed by atoms with E-state index in [4.69, 9.17) is 10.5 Å². The first-order valence-electron chi connectivity index (χ1n) is 7.44. The molecule has 0 spiro atoms. The summed E-state index contributed by atoms with van der Waals surface area (Å²) in [6.07, 6.45) is 4.13. The molecule has 2 aliphatic rings. The van der Waals surface area contributed by atoms with Gasteiger partial charge in [0.25, 0.3) is 0 Å². The number of piperidine rings is 1. The average molecular weight is 277 g/mol. The van der Waals surface area contributed by atoms with Crippen molar-refractivity contribution in [2.45, 2.75) is 19.8 Å². The fraction of sp³-hybridized carbons (Fsp3) is 0.714. The Kier molecular flexibility index (Phi) is 3.91. The Hall–Kier alpha value is -1.56. The molecule has 6 heteroatoms. The minimum absolute atomic E-state index is 0.699. The van der Waals surface area contributed by atoms with Crippen molar-refractivity contribution in [3.05, 3.63) is 6.33 Å². The predicted octanol–water partition coefficient (Wildman–Crippen LogP) is 1.13. The minimum atomic E-state index is 0.699. The second-order valence-corrected chi connectivity index (χ2v) is 5.73. The molecule has 1 atom stereocenters. The van der Waals surface area contributed by atoms with Crippen LogP contribution >= 0.6 is 0 Å². The van der Waals surface area contributed by atoms with Crippen molar-refractivity contribution < 1.29 is 4.74 Å². The van der Waals surface area contributed by atoms with E-state index in [1.165, 1.54) is 12.8 Å². The third-order valence-electron chi connectivity index (χ3n) is 4.11. The molecule has 3 rings (SSSR count). The average Bonchev–Trinajstić information content (AvgIpc) is 2.48. The number of morpholine rings is 1. The zero-order valence-corrected chi connectivity index (χ0v) is 12.1. The summed E-state index contributed by atoms with van der Waals surface area (Å²) in [7, 11) is 0. The number of anilines is 3. The number of nitrogen functional groups attached to an aromatic ring is 1. The molecule has 2 N–H and O–H groups in total. The maximum absolute atomic E-state index is 6.34. The first-order valence-corrected chi connectivity index (χ1v) is 7.44. The van der Waals surface area contributed by atoms with Gasteiger partial charge in [0.15, 0.2) is 11.6 Å². The lowest BCUT2D eigenvalue weighted by molar-refractivity contribution is 0.122. The molecule has 110 valence electrons. The maximum Gasteiger partial charge on any atom is 0.157 e. The van der Waals surface area contributed by atoms with E-state index in [0.717, 1.165) is 51.0 Å². The summed E-state index contributed by atoms with van der Waals surface area (Å²) >= 11 is 0. The molecule has 0 amide bonds. The quantitative estimate of drug-likeness (QED) is 0.874. The SMILES string of the molecule is CC1CCCN(c2ncnc(N3CCOCC3)c2N)C1. The topological polar surface area (TPSA) is 67.5 Å². The Balaban J connectivity index is 1.84. The van der Waals surface area contributed by atoms with Gasteiger partial charge in [0.05, 0.1) is 13.2 Å². The van der Waals surface area contributed by atoms with Crippen molar-refractivity contribution in [1.29, 1.82) is 0 Å². The molecule has 1 unspecified atom stereocenters. The van der Waals surface area contributed by atoms with E-state index in [9.17, 15) is 0 Å². The Bertz CT molecular complexity index is 461. The molecule has 6 nitrogen and oxygen atoms in total. The highest BCUT2D eigenvalue weighted by atomic mass is 16.5. The van der Waals surface area contributed by atoms with Gasteiger partial charge in [0.1, 0.15) is 12.0 Å². The molecular formula is C14H23N5O. The molecule has 2 aliphatic heterocycles. The largest absolute Gasteiger partial charge is 0.393 e. The number of hydrogen-bond donors (Lipinski definition) is 1. The van der Waals surface area contributed by atoms with Gasteiger partial charge < -0.3 is 20.3 Å². The van der Waals surface area contributed by atoms with E-state index >= 15 is 0 Å². The molecule has 0 bridgehead atoms. The second kappa shape index (κ2) is 5.83. The molecule has 3 heterocycles. The van der Waals surface area contributed by atoms with Gasteiger partial charge in [-0.2, -0.15) is 0 Å². The van der Waals surface area contributed by atoms with Crippen LogP contribution in [-0.4, -0.2) is 49.4 Å². The van der Waals surface area contributed by atoms with E-state index in [2.05, 4.69) is 26.7 Å². The highest BCUT2D eigenvalue weighted by molar-refractivity contribution is 5.75. The number of hydrogen-bond acceptors (Lipinski definition) is 6. The van der Waals surface area contributed by atoms with Crippen LogP contribution in [0.3, 0.4) is 0 Å². The third kappa shape index (κ3) is 2.65. The smallest absolute Gasteiger partial charge is 0.157 e. The first kappa shape index (κ1) is 13.4. The monoisotopic (exact) mass is 277 g/mol. The zero-order valence-electron chi connectivity index (χ0n) is 12.1. The van der Waals surface area contributed by atoms with Crippen LogP contribution in [0, 0.1) is 5.92 Å². The van der Waals surface area contributed by atoms with Gasteiger partial charge in [-0.1, -0.05) is 6.92 Å². The number of ether oxygens (including phenoxy) is 1. The molecule has 20 heavy (non-hydrogen) atoms. The summed E-state index contributed by atoms with van der Waals surface area (Å²) in [6.45, 7) is 7.51. The molecular weight excluding hydrogens is 254 g/mol. The van der Waals surface area contributed by atoms with Crippen LogP contribution in [0.4, 0.5) is 17.3 Å². The van der Waals surface area contributed by atoms with Crippen LogP contribution in [0.5, 0.6) is 0 Å². The Morgan fingerprint density at radius 1 is 1.15 bits per heavy atom. The normalized spacial score (nSPS) is 23.9. The fourth-order valence-corrected chi connectivity index (χ4v) is 3.04. The number of rotatable bonds is 2. The summed E-state index contributed by atoms with van der Waals surface area (Å²) in [4.78, 5) is 13.3. The van der Waals surface area contributed by atoms with Crippen LogP contribution in [0.2, 0.25) is 0 Å². The van der Waals surface area contributed by atoms with Gasteiger partial charge in [-0.05, 0) is 18.8 Å². The van der Waals surface area contributed by atoms with Crippen LogP contribution in [0.15, 0.2) is 6.33 Å². The van der Waals surface area contributed by atoms with Gasteiger partial charge in [0.2, 0.25) is 0 Å². The van der Waals surface area contributed by atoms with Crippen molar-refractivity contribution >= 4 is 17.3 Å². The van der Waals surface area contributed by atoms with Crippen molar-refractivity contribution in [1.82, 2.24) is 9.97 Å². The first-order chi connectivity index (χ1) is 9.75. The summed E-state index contributed by atoms with van der Waals surface area (Å²) in [6, 6.07) is 0. The van der Waals surface area contributed by atoms with Crippen molar-refractivity contribution in [2.24, 2.45) is 5.92 Å². The summed E-state index contributed by atoms with van der Waals surface area (Å²) < 4.78 is 5.39. The van der Waals surface area contributed by atoms with E-state index in [0.29, 0.717) is 11.6 Å². The van der Waals surface area contributed by atoms with Crippen molar-refractivity contribution in [3.8, 4) is 0 Å². The predicted molar refractivity (Wildman–Crippen MR) is 80.1 cm³/mol. The van der Waals surface area contributed by atoms with E-state index < -0.39 is 0 Å². The molecule has 0 aliphatic carbocycles. The fourth-order valence-electron chi connectivity index (χ4n) is 3.04. The molecule has 2 fully saturated rings. The highest BCUT2D eigenvalue weighted by Crippen LogP contribution is 2.31. The standard InChI is InChI=1S/C14H23N5O/c1-11-3-2-4-19(9-11)14-12(15)13(16-10-17-14)18-5-7-20-8-6-18/h10-11H,2-9,15H2,1H3. The molecule has 0 aromatic carbocycles. The summed E-state index contributed by atoms with van der Waals surface area (Å²) in [5.74, 6) is 2.45. The van der Waals surface area contributed by atoms with E-state index in [-0.39, 0.29) is 0 Å². The Labute approximate surface area is 119 Å². The number of nitrogens with zero attached hydrogens (tertiary/aromatic N) is 4. The lowest BCUT2D eigenvalue weighted by Crippen LogP contribution is -2.39. The highest BCUT2D eigenvalue weighted by Gasteiger charge is 2.23. The lowest BCUT2D eigenvalue weighted by atomic mass is 10.0. The maximum atomic E-state index is 6.34. The van der Waals surface area contributed by atoms with Gasteiger partial charge in [0, 0.05) is 26.2 Å². The zero-order chi connectivity index (χ0) is 13.9. The Morgan fingerprint density at radius 2 is 1.85 bits per heavy atom. The van der Waals surface area contributed by atoms with Crippen LogP contribution in [-0.2, 0) is 4.74 Å². The van der Waals surface area contributed by atoms with Crippen LogP contribution < -0.4 is 15.5 Å². The van der Waals surface area contributed by atoms with Crippen molar-refractivity contribution in [2.75, 3.05) is 54.9 Å². The van der Waals surface area contributed by atoms with Crippen LogP contribution in [0.1, 0.15) is 19.8 Å². The molecule has 0 saturated carbocycles. The lowest BCUT2D eigenvalue weighted by Gasteiger charge is -2.34. The van der Waals surface area contributed by atoms with Gasteiger partial charge in [-0.25, -0.2) is 9.97 Å². The molecule has 0 radical (unpaired) electrons. The second-order valence-electron chi connectivity index (χ2n) is 5.73. The van der Waals surface area contributed by atoms with Crippen LogP contribution in [0.25, 0.3) is 0 Å². The molecule has 1 aromatic rings. The van der Waals surface area contributed by atoms with Gasteiger partial charge >= 0.3 is 0 Å². The van der Waals surface area contributed by atoms with Gasteiger partial charge in [-0.15, -0.1) is 0 Å². The number of aromatic nitrogens is 2. The van der Waals surface area contributed by atoms with E-state index in [1.807, 2.05) is 0 Å². The Morgan fingerprint density at radius 3 is 2.55 bits per heavy atom. The van der Waals surface area contributed by atoms with Gasteiger partial charge in [-0.3, -0.25) is 0 Å². The molecule has 2 saturated heterocycles. The summed E-state index contributed by atoms with van der Waals surface area (Å²) in [5.41, 5.74) is 7.05. The third-order valence-corrected chi connectivity index (χ3v) is 4.11. The van der Waals surface area contributed by atoms with Crippen molar-refractivity contribution in [3.63, 3.8) is 0 Å². The molecule has 1 aromatic heterocycles. The van der Waals surface area contributed by atoms with E-state index in [1.54, 1.807) is 6.33 Å².